The van der Waals surface area contributed by atoms with Crippen LogP contribution in [-0.2, 0) is 0 Å². The third kappa shape index (κ3) is 1.35. The molecule has 9 heavy (non-hydrogen) atoms. The lowest BCUT2D eigenvalue weighted by atomic mass is 9.79. The molecule has 52 valence electrons. The molecule has 0 aromatic carbocycles. The van der Waals surface area contributed by atoms with Gasteiger partial charge in [-0.25, -0.2) is 0 Å². The number of hydrogen-bond donors (Lipinski definition) is 0. The van der Waals surface area contributed by atoms with Crippen LogP contribution in [0.1, 0.15) is 27.2 Å². The van der Waals surface area contributed by atoms with Crippen LogP contribution < -0.4 is 0 Å². The van der Waals surface area contributed by atoms with Crippen LogP contribution in [-0.4, -0.2) is 0 Å². The summed E-state index contributed by atoms with van der Waals surface area (Å²) in [6, 6.07) is 0. The molecule has 0 aromatic heterocycles. The number of allylic oxidation sites excluding steroid dienone is 2. The highest BCUT2D eigenvalue weighted by Gasteiger charge is 2.18. The van der Waals surface area contributed by atoms with E-state index in [-0.39, 0.29) is 0 Å². The molecular weight excluding hydrogens is 108 g/mol. The van der Waals surface area contributed by atoms with Crippen LogP contribution >= 0.6 is 0 Å². The van der Waals surface area contributed by atoms with E-state index in [1.807, 2.05) is 0 Å². The number of hydrogen-bond acceptors (Lipinski definition) is 0. The summed E-state index contributed by atoms with van der Waals surface area (Å²) in [5.74, 6) is 2.58. The molecular formula is C9H16. The van der Waals surface area contributed by atoms with Crippen molar-refractivity contribution in [1.29, 1.82) is 0 Å². The van der Waals surface area contributed by atoms with E-state index in [9.17, 15) is 0 Å². The van der Waals surface area contributed by atoms with Gasteiger partial charge in [-0.1, -0.05) is 32.9 Å². The second-order valence-electron chi connectivity index (χ2n) is 3.36. The van der Waals surface area contributed by atoms with Crippen LogP contribution in [0.15, 0.2) is 12.2 Å². The maximum atomic E-state index is 2.35. The molecule has 0 bridgehead atoms. The lowest BCUT2D eigenvalue weighted by Crippen LogP contribution is -2.17. The molecule has 1 rings (SSSR count). The fourth-order valence-corrected chi connectivity index (χ4v) is 1.42. The Kier molecular flexibility index (Phi) is 1.94. The molecule has 0 heterocycles. The van der Waals surface area contributed by atoms with Crippen molar-refractivity contribution in [3.63, 3.8) is 0 Å². The van der Waals surface area contributed by atoms with Gasteiger partial charge in [-0.15, -0.1) is 0 Å². The van der Waals surface area contributed by atoms with Crippen molar-refractivity contribution in [2.75, 3.05) is 0 Å². The van der Waals surface area contributed by atoms with Crippen LogP contribution in [0.2, 0.25) is 0 Å². The Balaban J connectivity index is 2.58. The SMILES string of the molecule is CC1C=CCC(C)C1C. The molecule has 0 aliphatic heterocycles. The first-order valence-corrected chi connectivity index (χ1v) is 3.88. The van der Waals surface area contributed by atoms with Gasteiger partial charge in [0.25, 0.3) is 0 Å². The molecule has 0 saturated carbocycles. The molecule has 0 radical (unpaired) electrons. The van der Waals surface area contributed by atoms with Crippen molar-refractivity contribution < 1.29 is 0 Å². The molecule has 0 nitrogen and oxygen atoms in total. The van der Waals surface area contributed by atoms with E-state index in [2.05, 4.69) is 32.9 Å². The van der Waals surface area contributed by atoms with Gasteiger partial charge in [-0.3, -0.25) is 0 Å². The largest absolute Gasteiger partial charge is 0.0880 e. The summed E-state index contributed by atoms with van der Waals surface area (Å²) < 4.78 is 0. The predicted octanol–water partition coefficient (Wildman–Crippen LogP) is 2.85. The first-order valence-electron chi connectivity index (χ1n) is 3.88. The minimum atomic E-state index is 0.800. The maximum absolute atomic E-state index is 2.35. The highest BCUT2D eigenvalue weighted by atomic mass is 14.2. The van der Waals surface area contributed by atoms with Crippen molar-refractivity contribution in [1.82, 2.24) is 0 Å². The molecule has 3 unspecified atom stereocenters. The summed E-state index contributed by atoms with van der Waals surface area (Å²) in [6.07, 6.45) is 5.94. The van der Waals surface area contributed by atoms with Gasteiger partial charge in [0.15, 0.2) is 0 Å². The van der Waals surface area contributed by atoms with Gasteiger partial charge in [0.1, 0.15) is 0 Å². The van der Waals surface area contributed by atoms with Gasteiger partial charge in [0.05, 0.1) is 0 Å². The van der Waals surface area contributed by atoms with Crippen LogP contribution in [0, 0.1) is 17.8 Å². The molecule has 0 spiro atoms. The van der Waals surface area contributed by atoms with E-state index >= 15 is 0 Å². The molecule has 1 aliphatic carbocycles. The lowest BCUT2D eigenvalue weighted by Gasteiger charge is -2.26. The van der Waals surface area contributed by atoms with E-state index in [1.165, 1.54) is 6.42 Å². The van der Waals surface area contributed by atoms with Gasteiger partial charge < -0.3 is 0 Å². The summed E-state index contributed by atoms with van der Waals surface area (Å²) in [5, 5.41) is 0. The van der Waals surface area contributed by atoms with Gasteiger partial charge in [0, 0.05) is 0 Å². The normalized spacial score (nSPS) is 43.2. The van der Waals surface area contributed by atoms with E-state index in [0.29, 0.717) is 0 Å². The smallest absolute Gasteiger partial charge is 0.0234 e. The molecule has 0 aromatic rings. The van der Waals surface area contributed by atoms with Crippen molar-refractivity contribution in [2.24, 2.45) is 17.8 Å². The van der Waals surface area contributed by atoms with Gasteiger partial charge in [-0.05, 0) is 24.2 Å². The third-order valence-corrected chi connectivity index (χ3v) is 2.67. The number of rotatable bonds is 0. The maximum Gasteiger partial charge on any atom is -0.0234 e. The van der Waals surface area contributed by atoms with Gasteiger partial charge >= 0.3 is 0 Å². The molecule has 3 atom stereocenters. The fourth-order valence-electron chi connectivity index (χ4n) is 1.42. The zero-order valence-corrected chi connectivity index (χ0v) is 6.59. The fraction of sp³-hybridized carbons (Fsp3) is 0.778. The topological polar surface area (TPSA) is 0 Å². The van der Waals surface area contributed by atoms with Crippen molar-refractivity contribution in [3.8, 4) is 0 Å². The van der Waals surface area contributed by atoms with Crippen molar-refractivity contribution in [3.05, 3.63) is 12.2 Å². The van der Waals surface area contributed by atoms with E-state index in [4.69, 9.17) is 0 Å². The zero-order valence-electron chi connectivity index (χ0n) is 6.59. The predicted molar refractivity (Wildman–Crippen MR) is 41.2 cm³/mol. The average Bonchev–Trinajstić information content (AvgIpc) is 1.83. The molecule has 0 heteroatoms. The Morgan fingerprint density at radius 1 is 1.22 bits per heavy atom. The van der Waals surface area contributed by atoms with E-state index < -0.39 is 0 Å². The Bertz CT molecular complexity index is 113. The summed E-state index contributed by atoms with van der Waals surface area (Å²) in [5.41, 5.74) is 0. The second kappa shape index (κ2) is 2.55. The van der Waals surface area contributed by atoms with Crippen molar-refractivity contribution >= 4 is 0 Å². The summed E-state index contributed by atoms with van der Waals surface area (Å²) in [6.45, 7) is 6.99. The average molecular weight is 124 g/mol. The van der Waals surface area contributed by atoms with Crippen LogP contribution in [0.25, 0.3) is 0 Å². The van der Waals surface area contributed by atoms with Gasteiger partial charge in [-0.2, -0.15) is 0 Å². The van der Waals surface area contributed by atoms with Crippen LogP contribution in [0.5, 0.6) is 0 Å². The van der Waals surface area contributed by atoms with Crippen LogP contribution in [0.3, 0.4) is 0 Å². The standard InChI is InChI=1S/C9H16/c1-7-5-4-6-8(2)9(7)3/h4-5,7-9H,6H2,1-3H3. The van der Waals surface area contributed by atoms with Crippen molar-refractivity contribution in [2.45, 2.75) is 27.2 Å². The summed E-state index contributed by atoms with van der Waals surface area (Å²) >= 11 is 0. The summed E-state index contributed by atoms with van der Waals surface area (Å²) in [4.78, 5) is 0. The molecule has 0 N–H and O–H groups in total. The third-order valence-electron chi connectivity index (χ3n) is 2.67. The molecule has 0 amide bonds. The highest BCUT2D eigenvalue weighted by molar-refractivity contribution is 4.96. The summed E-state index contributed by atoms with van der Waals surface area (Å²) in [7, 11) is 0. The van der Waals surface area contributed by atoms with Crippen LogP contribution in [0.4, 0.5) is 0 Å². The quantitative estimate of drug-likeness (QED) is 0.435. The lowest BCUT2D eigenvalue weighted by molar-refractivity contribution is 0.305. The second-order valence-corrected chi connectivity index (χ2v) is 3.36. The highest BCUT2D eigenvalue weighted by Crippen LogP contribution is 2.28. The van der Waals surface area contributed by atoms with E-state index in [0.717, 1.165) is 17.8 Å². The van der Waals surface area contributed by atoms with E-state index in [1.54, 1.807) is 0 Å². The Labute approximate surface area is 58.0 Å². The molecule has 0 fully saturated rings. The molecule has 0 saturated heterocycles. The molecule has 1 aliphatic rings. The van der Waals surface area contributed by atoms with Gasteiger partial charge in [0.2, 0.25) is 0 Å². The monoisotopic (exact) mass is 124 g/mol. The Morgan fingerprint density at radius 3 is 2.33 bits per heavy atom. The first kappa shape index (κ1) is 6.85. The Hall–Kier alpha value is -0.260. The Morgan fingerprint density at radius 2 is 1.89 bits per heavy atom. The first-order chi connectivity index (χ1) is 4.22. The minimum Gasteiger partial charge on any atom is -0.0880 e. The minimum absolute atomic E-state index is 0.800. The zero-order chi connectivity index (χ0) is 6.85.